The Bertz CT molecular complexity index is 1040. The molecule has 3 amide bonds. The third kappa shape index (κ3) is 10.9. The van der Waals surface area contributed by atoms with E-state index in [9.17, 15) is 34.0 Å². The number of carboxylic acids is 2. The minimum absolute atomic E-state index is 0.162. The van der Waals surface area contributed by atoms with Crippen molar-refractivity contribution in [1.29, 1.82) is 0 Å². The molecule has 1 fully saturated rings. The Labute approximate surface area is 227 Å². The second-order valence-corrected chi connectivity index (χ2v) is 11.3. The standard InChI is InChI=1S/C25H38N3O10P/c1-27(13-5-8-18-6-3-2-4-7-18)21(29)14-25(15-22(30)31,16-23(32)33)28(24(26)34)17-19-9-11-20(12-10-19)38-39(35,36)37/h9-12,18H,2-8,13-17H2,1H3,(H2,26,34)(H,30,31)(H,32,33)(H2,35,36,37). The van der Waals surface area contributed by atoms with Gasteiger partial charge >= 0.3 is 25.8 Å². The fraction of sp³-hybridized carbons (Fsp3) is 0.600. The number of amides is 3. The number of phosphoric ester groups is 1. The highest BCUT2D eigenvalue weighted by atomic mass is 31.2. The van der Waals surface area contributed by atoms with E-state index < -0.39 is 56.5 Å². The van der Waals surface area contributed by atoms with Crippen molar-refractivity contribution in [2.75, 3.05) is 13.6 Å². The molecular weight excluding hydrogens is 533 g/mol. The fourth-order valence-electron chi connectivity index (χ4n) is 5.13. The number of carbonyl (C=O) groups excluding carboxylic acids is 2. The average Bonchev–Trinajstić information content (AvgIpc) is 2.82. The molecule has 1 aromatic carbocycles. The van der Waals surface area contributed by atoms with Gasteiger partial charge in [0, 0.05) is 20.1 Å². The molecule has 39 heavy (non-hydrogen) atoms. The summed E-state index contributed by atoms with van der Waals surface area (Å²) in [5.74, 6) is -2.90. The first-order chi connectivity index (χ1) is 18.2. The third-order valence-electron chi connectivity index (χ3n) is 7.02. The van der Waals surface area contributed by atoms with Crippen molar-refractivity contribution in [3.8, 4) is 5.75 Å². The highest BCUT2D eigenvalue weighted by Gasteiger charge is 2.45. The van der Waals surface area contributed by atoms with Crippen LogP contribution < -0.4 is 10.3 Å². The number of hydrogen-bond donors (Lipinski definition) is 5. The van der Waals surface area contributed by atoms with Crippen LogP contribution in [0.3, 0.4) is 0 Å². The van der Waals surface area contributed by atoms with Gasteiger partial charge in [-0.25, -0.2) is 9.36 Å². The van der Waals surface area contributed by atoms with E-state index in [1.54, 1.807) is 7.05 Å². The Morgan fingerprint density at radius 1 is 1.00 bits per heavy atom. The quantitative estimate of drug-likeness (QED) is 0.194. The number of phosphoric acid groups is 1. The first-order valence-electron chi connectivity index (χ1n) is 12.8. The Morgan fingerprint density at radius 2 is 1.56 bits per heavy atom. The monoisotopic (exact) mass is 571 g/mol. The van der Waals surface area contributed by atoms with Crippen LogP contribution in [0.15, 0.2) is 24.3 Å². The summed E-state index contributed by atoms with van der Waals surface area (Å²) in [5, 5.41) is 19.3. The van der Waals surface area contributed by atoms with Crippen molar-refractivity contribution in [1.82, 2.24) is 9.80 Å². The van der Waals surface area contributed by atoms with Crippen LogP contribution in [-0.2, 0) is 25.5 Å². The number of nitrogens with zero attached hydrogens (tertiary/aromatic N) is 2. The topological polar surface area (TPSA) is 208 Å². The number of carbonyl (C=O) groups is 4. The Balaban J connectivity index is 2.26. The smallest absolute Gasteiger partial charge is 0.481 e. The first kappa shape index (κ1) is 32.1. The van der Waals surface area contributed by atoms with Crippen LogP contribution in [0, 0.1) is 5.92 Å². The maximum atomic E-state index is 13.2. The van der Waals surface area contributed by atoms with Crippen LogP contribution in [-0.4, -0.2) is 72.8 Å². The highest BCUT2D eigenvalue weighted by Crippen LogP contribution is 2.38. The predicted octanol–water partition coefficient (Wildman–Crippen LogP) is 2.94. The van der Waals surface area contributed by atoms with Gasteiger partial charge in [0.15, 0.2) is 0 Å². The summed E-state index contributed by atoms with van der Waals surface area (Å²) in [5.41, 5.74) is 3.96. The molecular formula is C25H38N3O10P. The lowest BCUT2D eigenvalue weighted by atomic mass is 9.84. The van der Waals surface area contributed by atoms with Gasteiger partial charge in [-0.05, 0) is 36.5 Å². The van der Waals surface area contributed by atoms with Crippen LogP contribution in [0.5, 0.6) is 5.75 Å². The highest BCUT2D eigenvalue weighted by molar-refractivity contribution is 7.46. The molecule has 1 saturated carbocycles. The van der Waals surface area contributed by atoms with E-state index in [2.05, 4.69) is 4.52 Å². The molecule has 0 atom stereocenters. The largest absolute Gasteiger partial charge is 0.524 e. The number of nitrogens with two attached hydrogens (primary N) is 1. The summed E-state index contributed by atoms with van der Waals surface area (Å²) in [7, 11) is -3.24. The van der Waals surface area contributed by atoms with Crippen LogP contribution in [0.2, 0.25) is 0 Å². The zero-order chi connectivity index (χ0) is 29.2. The molecule has 2 rings (SSSR count). The van der Waals surface area contributed by atoms with Gasteiger partial charge in [0.1, 0.15) is 5.75 Å². The van der Waals surface area contributed by atoms with E-state index in [4.69, 9.17) is 15.5 Å². The number of benzene rings is 1. The van der Waals surface area contributed by atoms with Crippen molar-refractivity contribution < 1.29 is 48.3 Å². The summed E-state index contributed by atoms with van der Waals surface area (Å²) in [4.78, 5) is 69.7. The summed E-state index contributed by atoms with van der Waals surface area (Å²) in [6, 6.07) is 4.02. The Morgan fingerprint density at radius 3 is 2.05 bits per heavy atom. The van der Waals surface area contributed by atoms with Gasteiger partial charge in [-0.1, -0.05) is 44.2 Å². The molecule has 0 bridgehead atoms. The molecule has 0 aliphatic heterocycles. The average molecular weight is 572 g/mol. The van der Waals surface area contributed by atoms with Gasteiger partial charge in [0.25, 0.3) is 0 Å². The Hall–Kier alpha value is -3.15. The number of primary amides is 1. The zero-order valence-electron chi connectivity index (χ0n) is 22.0. The number of hydrogen-bond acceptors (Lipinski definition) is 6. The molecule has 0 heterocycles. The lowest BCUT2D eigenvalue weighted by Crippen LogP contribution is -2.57. The molecule has 1 aliphatic rings. The first-order valence-corrected chi connectivity index (χ1v) is 14.3. The second kappa shape index (κ2) is 14.3. The minimum atomic E-state index is -4.80. The van der Waals surface area contributed by atoms with E-state index in [0.717, 1.165) is 30.6 Å². The molecule has 13 nitrogen and oxygen atoms in total. The molecule has 0 radical (unpaired) electrons. The van der Waals surface area contributed by atoms with Crippen molar-refractivity contribution in [2.24, 2.45) is 11.7 Å². The maximum Gasteiger partial charge on any atom is 0.524 e. The van der Waals surface area contributed by atoms with Gasteiger partial charge in [-0.2, -0.15) is 0 Å². The van der Waals surface area contributed by atoms with Crippen LogP contribution in [0.25, 0.3) is 0 Å². The third-order valence-corrected chi connectivity index (χ3v) is 7.47. The van der Waals surface area contributed by atoms with Gasteiger partial charge in [-0.15, -0.1) is 0 Å². The zero-order valence-corrected chi connectivity index (χ0v) is 22.9. The van der Waals surface area contributed by atoms with E-state index >= 15 is 0 Å². The van der Waals surface area contributed by atoms with E-state index in [-0.39, 0.29) is 12.3 Å². The van der Waals surface area contributed by atoms with Crippen LogP contribution >= 0.6 is 7.82 Å². The predicted molar refractivity (Wildman–Crippen MR) is 140 cm³/mol. The molecule has 1 aliphatic carbocycles. The van der Waals surface area contributed by atoms with E-state index in [0.29, 0.717) is 18.0 Å². The van der Waals surface area contributed by atoms with Crippen LogP contribution in [0.1, 0.15) is 69.8 Å². The molecule has 0 unspecified atom stereocenters. The van der Waals surface area contributed by atoms with Gasteiger partial charge < -0.3 is 30.3 Å². The van der Waals surface area contributed by atoms with Crippen LogP contribution in [0.4, 0.5) is 4.79 Å². The van der Waals surface area contributed by atoms with Gasteiger partial charge in [-0.3, -0.25) is 24.2 Å². The summed E-state index contributed by atoms with van der Waals surface area (Å²) in [6.45, 7) is 0.0495. The fourth-order valence-corrected chi connectivity index (χ4v) is 5.52. The van der Waals surface area contributed by atoms with E-state index in [1.807, 2.05) is 0 Å². The summed E-state index contributed by atoms with van der Waals surface area (Å²) < 4.78 is 15.5. The molecule has 6 N–H and O–H groups in total. The number of aliphatic carboxylic acids is 2. The van der Waals surface area contributed by atoms with Crippen molar-refractivity contribution in [3.05, 3.63) is 29.8 Å². The summed E-state index contributed by atoms with van der Waals surface area (Å²) in [6.07, 6.45) is 5.42. The van der Waals surface area contributed by atoms with E-state index in [1.165, 1.54) is 48.4 Å². The number of urea groups is 1. The van der Waals surface area contributed by atoms with Crippen molar-refractivity contribution >= 4 is 31.7 Å². The molecule has 0 saturated heterocycles. The molecule has 1 aromatic rings. The van der Waals surface area contributed by atoms with Gasteiger partial charge in [0.2, 0.25) is 5.91 Å². The van der Waals surface area contributed by atoms with Crippen molar-refractivity contribution in [2.45, 2.75) is 76.3 Å². The van der Waals surface area contributed by atoms with Crippen molar-refractivity contribution in [3.63, 3.8) is 0 Å². The lowest BCUT2D eigenvalue weighted by molar-refractivity contribution is -0.146. The molecule has 14 heteroatoms. The second-order valence-electron chi connectivity index (χ2n) is 10.2. The lowest BCUT2D eigenvalue weighted by Gasteiger charge is -2.42. The number of rotatable bonds is 15. The summed E-state index contributed by atoms with van der Waals surface area (Å²) >= 11 is 0. The number of carboxylic acid groups (broad SMARTS) is 2. The molecule has 218 valence electrons. The maximum absolute atomic E-state index is 13.2. The molecule has 0 aromatic heterocycles. The Kier molecular flexibility index (Phi) is 11.8. The molecule has 0 spiro atoms. The van der Waals surface area contributed by atoms with Gasteiger partial charge in [0.05, 0.1) is 24.8 Å². The minimum Gasteiger partial charge on any atom is -0.481 e. The normalized spacial score (nSPS) is 14.4. The SMILES string of the molecule is CN(CCCC1CCCCC1)C(=O)CC(CC(=O)O)(CC(=O)O)N(Cc1ccc(OP(=O)(O)O)cc1)C(N)=O.